The van der Waals surface area contributed by atoms with E-state index in [1.807, 2.05) is 0 Å². The molecule has 0 radical (unpaired) electrons. The average Bonchev–Trinajstić information content (AvgIpc) is 2.83. The molecule has 1 aromatic carbocycles. The van der Waals surface area contributed by atoms with Gasteiger partial charge in [0.25, 0.3) is 0 Å². The number of hydrogen-bond acceptors (Lipinski definition) is 2. The van der Waals surface area contributed by atoms with E-state index in [9.17, 15) is 9.18 Å². The van der Waals surface area contributed by atoms with Gasteiger partial charge < -0.3 is 10.6 Å². The number of hydrogen-bond donors (Lipinski definition) is 2. The van der Waals surface area contributed by atoms with E-state index in [0.717, 1.165) is 25.9 Å². The zero-order valence-corrected chi connectivity index (χ0v) is 12.0. The summed E-state index contributed by atoms with van der Waals surface area (Å²) in [4.78, 5) is 11.7. The molecule has 0 spiro atoms. The number of carbonyl (C=O) groups is 1. The Morgan fingerprint density at radius 2 is 2.32 bits per heavy atom. The molecule has 1 unspecified atom stereocenters. The molecular weight excluding hydrogens is 290 g/mol. The molecule has 1 heterocycles. The summed E-state index contributed by atoms with van der Waals surface area (Å²) in [5.41, 5.74) is 0.189. The smallest absolute Gasteiger partial charge is 0.224 e. The van der Waals surface area contributed by atoms with Gasteiger partial charge in [-0.2, -0.15) is 0 Å². The zero-order valence-electron chi connectivity index (χ0n) is 10.4. The molecule has 1 fully saturated rings. The highest BCUT2D eigenvalue weighted by Crippen LogP contribution is 2.20. The monoisotopic (exact) mass is 306 g/mol. The fraction of sp³-hybridized carbons (Fsp3) is 0.462. The van der Waals surface area contributed by atoms with Gasteiger partial charge in [0.05, 0.1) is 5.69 Å². The van der Waals surface area contributed by atoms with Crippen LogP contribution in [0.15, 0.2) is 18.2 Å². The maximum absolute atomic E-state index is 13.4. The van der Waals surface area contributed by atoms with Crippen molar-refractivity contribution in [3.8, 4) is 0 Å². The summed E-state index contributed by atoms with van der Waals surface area (Å²) in [6, 6.07) is 4.23. The lowest BCUT2D eigenvalue weighted by molar-refractivity contribution is -0.116. The first-order valence-corrected chi connectivity index (χ1v) is 6.48. The van der Waals surface area contributed by atoms with Crippen LogP contribution in [-0.4, -0.2) is 19.0 Å². The minimum atomic E-state index is -0.501. The Hall–Kier alpha value is -0.840. The Bertz CT molecular complexity index is 437. The molecule has 1 aliphatic heterocycles. The van der Waals surface area contributed by atoms with Crippen LogP contribution in [-0.2, 0) is 4.79 Å². The summed E-state index contributed by atoms with van der Waals surface area (Å²) in [5, 5.41) is 6.14. The standard InChI is InChI=1S/C13H16ClFN2O.ClH/c14-10-2-3-12(11(15)7-10)17-13(18)4-1-9-5-6-16-8-9;/h2-3,7,9,16H,1,4-6,8H2,(H,17,18);1H. The summed E-state index contributed by atoms with van der Waals surface area (Å²) in [6.45, 7) is 2.00. The van der Waals surface area contributed by atoms with Crippen LogP contribution in [0.25, 0.3) is 0 Å². The highest BCUT2D eigenvalue weighted by Gasteiger charge is 2.16. The van der Waals surface area contributed by atoms with Gasteiger partial charge in [0.1, 0.15) is 5.82 Å². The number of rotatable bonds is 4. The van der Waals surface area contributed by atoms with E-state index in [2.05, 4.69) is 10.6 Å². The Morgan fingerprint density at radius 1 is 1.53 bits per heavy atom. The van der Waals surface area contributed by atoms with E-state index in [1.54, 1.807) is 6.07 Å². The van der Waals surface area contributed by atoms with Gasteiger partial charge in [0.15, 0.2) is 0 Å². The molecule has 1 atom stereocenters. The Kier molecular flexibility index (Phi) is 6.55. The zero-order chi connectivity index (χ0) is 13.0. The maximum Gasteiger partial charge on any atom is 0.224 e. The molecule has 2 N–H and O–H groups in total. The van der Waals surface area contributed by atoms with E-state index in [1.165, 1.54) is 12.1 Å². The van der Waals surface area contributed by atoms with Crippen LogP contribution in [0.3, 0.4) is 0 Å². The number of halogens is 3. The Morgan fingerprint density at radius 3 is 2.95 bits per heavy atom. The first-order valence-electron chi connectivity index (χ1n) is 6.11. The summed E-state index contributed by atoms with van der Waals surface area (Å²) in [6.07, 6.45) is 2.38. The van der Waals surface area contributed by atoms with Gasteiger partial charge in [-0.05, 0) is 50.0 Å². The van der Waals surface area contributed by atoms with E-state index in [4.69, 9.17) is 11.6 Å². The molecule has 0 aromatic heterocycles. The van der Waals surface area contributed by atoms with Gasteiger partial charge in [0.2, 0.25) is 5.91 Å². The molecule has 1 saturated heterocycles. The van der Waals surface area contributed by atoms with Crippen molar-refractivity contribution in [1.29, 1.82) is 0 Å². The molecule has 19 heavy (non-hydrogen) atoms. The third kappa shape index (κ3) is 4.97. The quantitative estimate of drug-likeness (QED) is 0.896. The molecular formula is C13H17Cl2FN2O. The van der Waals surface area contributed by atoms with Crippen molar-refractivity contribution in [2.75, 3.05) is 18.4 Å². The van der Waals surface area contributed by atoms with Gasteiger partial charge in [0, 0.05) is 11.4 Å². The van der Waals surface area contributed by atoms with Crippen LogP contribution in [0.1, 0.15) is 19.3 Å². The van der Waals surface area contributed by atoms with Crippen LogP contribution in [0, 0.1) is 11.7 Å². The van der Waals surface area contributed by atoms with E-state index in [0.29, 0.717) is 17.4 Å². The predicted octanol–water partition coefficient (Wildman–Crippen LogP) is 3.23. The Labute approximate surface area is 123 Å². The third-order valence-electron chi connectivity index (χ3n) is 3.15. The summed E-state index contributed by atoms with van der Waals surface area (Å²) < 4.78 is 13.4. The molecule has 0 aliphatic carbocycles. The van der Waals surface area contributed by atoms with Crippen molar-refractivity contribution in [2.45, 2.75) is 19.3 Å². The first-order chi connectivity index (χ1) is 8.65. The second kappa shape index (κ2) is 7.68. The molecule has 1 aliphatic rings. The molecule has 0 bridgehead atoms. The van der Waals surface area contributed by atoms with Gasteiger partial charge >= 0.3 is 0 Å². The number of benzene rings is 1. The molecule has 6 heteroatoms. The van der Waals surface area contributed by atoms with Crippen molar-refractivity contribution in [1.82, 2.24) is 5.32 Å². The van der Waals surface area contributed by atoms with Gasteiger partial charge in [-0.3, -0.25) is 4.79 Å². The molecule has 2 rings (SSSR count). The third-order valence-corrected chi connectivity index (χ3v) is 3.38. The predicted molar refractivity (Wildman–Crippen MR) is 77.5 cm³/mol. The molecule has 3 nitrogen and oxygen atoms in total. The van der Waals surface area contributed by atoms with Gasteiger partial charge in [-0.1, -0.05) is 11.6 Å². The van der Waals surface area contributed by atoms with Crippen LogP contribution in [0.5, 0.6) is 0 Å². The highest BCUT2D eigenvalue weighted by atomic mass is 35.5. The summed E-state index contributed by atoms with van der Waals surface area (Å²) in [7, 11) is 0. The van der Waals surface area contributed by atoms with Crippen molar-refractivity contribution in [3.63, 3.8) is 0 Å². The van der Waals surface area contributed by atoms with Crippen molar-refractivity contribution >= 4 is 35.6 Å². The molecule has 0 saturated carbocycles. The molecule has 1 amide bonds. The second-order valence-electron chi connectivity index (χ2n) is 4.57. The minimum Gasteiger partial charge on any atom is -0.324 e. The maximum atomic E-state index is 13.4. The fourth-order valence-electron chi connectivity index (χ4n) is 2.10. The summed E-state index contributed by atoms with van der Waals surface area (Å²) >= 11 is 5.64. The van der Waals surface area contributed by atoms with Crippen LogP contribution < -0.4 is 10.6 Å². The Balaban J connectivity index is 0.00000180. The number of nitrogens with one attached hydrogen (secondary N) is 2. The lowest BCUT2D eigenvalue weighted by atomic mass is 10.0. The van der Waals surface area contributed by atoms with Crippen LogP contribution in [0.2, 0.25) is 5.02 Å². The van der Waals surface area contributed by atoms with Crippen molar-refractivity contribution < 1.29 is 9.18 Å². The van der Waals surface area contributed by atoms with Gasteiger partial charge in [-0.15, -0.1) is 12.4 Å². The molecule has 106 valence electrons. The number of carbonyl (C=O) groups excluding carboxylic acids is 1. The first kappa shape index (κ1) is 16.2. The summed E-state index contributed by atoms with van der Waals surface area (Å²) in [5.74, 6) is -0.0904. The minimum absolute atomic E-state index is 0. The van der Waals surface area contributed by atoms with E-state index >= 15 is 0 Å². The lowest BCUT2D eigenvalue weighted by Crippen LogP contribution is -2.15. The number of amides is 1. The highest BCUT2D eigenvalue weighted by molar-refractivity contribution is 6.30. The van der Waals surface area contributed by atoms with Gasteiger partial charge in [-0.25, -0.2) is 4.39 Å². The lowest BCUT2D eigenvalue weighted by Gasteiger charge is -2.09. The number of anilines is 1. The largest absolute Gasteiger partial charge is 0.324 e. The average molecular weight is 307 g/mol. The van der Waals surface area contributed by atoms with E-state index in [-0.39, 0.29) is 24.0 Å². The van der Waals surface area contributed by atoms with Crippen LogP contribution in [0.4, 0.5) is 10.1 Å². The fourth-order valence-corrected chi connectivity index (χ4v) is 2.26. The van der Waals surface area contributed by atoms with Crippen molar-refractivity contribution in [3.05, 3.63) is 29.0 Å². The molecule has 1 aromatic rings. The van der Waals surface area contributed by atoms with E-state index < -0.39 is 5.82 Å². The SMILES string of the molecule is Cl.O=C(CCC1CCNC1)Nc1ccc(Cl)cc1F. The van der Waals surface area contributed by atoms with Crippen molar-refractivity contribution in [2.24, 2.45) is 5.92 Å². The second-order valence-corrected chi connectivity index (χ2v) is 5.01. The topological polar surface area (TPSA) is 41.1 Å². The normalized spacial score (nSPS) is 17.9. The van der Waals surface area contributed by atoms with Crippen LogP contribution >= 0.6 is 24.0 Å².